The third-order valence-corrected chi connectivity index (χ3v) is 6.96. The molecule has 0 aliphatic heterocycles. The Hall–Kier alpha value is -4.40. The van der Waals surface area contributed by atoms with Crippen LogP contribution in [0.5, 0.6) is 0 Å². The van der Waals surface area contributed by atoms with Gasteiger partial charge in [0.2, 0.25) is 11.8 Å². The number of amides is 2. The lowest BCUT2D eigenvalue weighted by Crippen LogP contribution is -2.41. The van der Waals surface area contributed by atoms with Gasteiger partial charge in [0.05, 0.1) is 6.26 Å². The number of carbonyl (C=O) groups excluding carboxylic acids is 2. The molecule has 0 fully saturated rings. The van der Waals surface area contributed by atoms with E-state index in [1.807, 2.05) is 13.0 Å². The third-order valence-electron chi connectivity index (χ3n) is 6.96. The summed E-state index contributed by atoms with van der Waals surface area (Å²) in [6.45, 7) is 8.31. The van der Waals surface area contributed by atoms with Crippen molar-refractivity contribution in [2.45, 2.75) is 64.8 Å². The van der Waals surface area contributed by atoms with Gasteiger partial charge in [-0.3, -0.25) is 14.4 Å². The maximum atomic E-state index is 13.0. The first kappa shape index (κ1) is 28.6. The summed E-state index contributed by atoms with van der Waals surface area (Å²) < 4.78 is 11.3. The van der Waals surface area contributed by atoms with Crippen LogP contribution in [0.25, 0.3) is 21.9 Å². The highest BCUT2D eigenvalue weighted by atomic mass is 16.4. The molecule has 2 heterocycles. The van der Waals surface area contributed by atoms with Gasteiger partial charge < -0.3 is 24.6 Å². The Bertz CT molecular complexity index is 1610. The maximum absolute atomic E-state index is 13.0. The summed E-state index contributed by atoms with van der Waals surface area (Å²) in [6, 6.07) is 11.5. The molecule has 210 valence electrons. The number of rotatable bonds is 10. The Morgan fingerprint density at radius 3 is 2.40 bits per heavy atom. The molecule has 9 nitrogen and oxygen atoms in total. The number of hydrogen-bond acceptors (Lipinski definition) is 6. The highest BCUT2D eigenvalue weighted by molar-refractivity contribution is 5.97. The van der Waals surface area contributed by atoms with E-state index in [0.717, 1.165) is 21.9 Å². The highest BCUT2D eigenvalue weighted by Gasteiger charge is 2.24. The quantitative estimate of drug-likeness (QED) is 0.190. The van der Waals surface area contributed by atoms with Crippen LogP contribution in [-0.2, 0) is 26.2 Å². The van der Waals surface area contributed by atoms with E-state index in [1.165, 1.54) is 0 Å². The van der Waals surface area contributed by atoms with Crippen LogP contribution in [0.15, 0.2) is 62.4 Å². The largest absolute Gasteiger partial charge is 0.481 e. The van der Waals surface area contributed by atoms with E-state index in [2.05, 4.69) is 31.4 Å². The fraction of sp³-hybridized carbons (Fsp3) is 0.355. The molecule has 40 heavy (non-hydrogen) atoms. The van der Waals surface area contributed by atoms with Crippen molar-refractivity contribution in [3.8, 4) is 0 Å². The van der Waals surface area contributed by atoms with Gasteiger partial charge in [0.15, 0.2) is 0 Å². The van der Waals surface area contributed by atoms with Crippen LogP contribution in [-0.4, -0.2) is 29.4 Å². The molecule has 0 aliphatic carbocycles. The van der Waals surface area contributed by atoms with Gasteiger partial charge in [0.25, 0.3) is 0 Å². The molecular formula is C31H34N2O7. The second-order valence-electron chi connectivity index (χ2n) is 10.9. The van der Waals surface area contributed by atoms with Crippen molar-refractivity contribution >= 4 is 39.7 Å². The zero-order valence-corrected chi connectivity index (χ0v) is 23.1. The smallest absolute Gasteiger partial charge is 0.339 e. The number of furan rings is 1. The summed E-state index contributed by atoms with van der Waals surface area (Å²) in [5, 5.41) is 16.0. The van der Waals surface area contributed by atoms with Gasteiger partial charge in [0, 0.05) is 47.4 Å². The van der Waals surface area contributed by atoms with Crippen LogP contribution in [0.2, 0.25) is 0 Å². The molecule has 3 N–H and O–H groups in total. The Labute approximate surface area is 231 Å². The van der Waals surface area contributed by atoms with Gasteiger partial charge in [-0.05, 0) is 42.4 Å². The minimum Gasteiger partial charge on any atom is -0.481 e. The van der Waals surface area contributed by atoms with Gasteiger partial charge in [0.1, 0.15) is 17.2 Å². The van der Waals surface area contributed by atoms with Gasteiger partial charge in [-0.2, -0.15) is 0 Å². The Balaban J connectivity index is 1.53. The number of fused-ring (bicyclic) bond motifs is 2. The van der Waals surface area contributed by atoms with Crippen molar-refractivity contribution < 1.29 is 28.3 Å². The predicted octanol–water partition coefficient (Wildman–Crippen LogP) is 4.92. The molecule has 9 heteroatoms. The SMILES string of the molecule is Cc1c(CCC(=O)NC(C(=O)NCCCC(=O)O)c2ccccc2)c(=O)oc2cc3occ(C(C)(C)C)c3cc12. The molecule has 0 bridgehead atoms. The van der Waals surface area contributed by atoms with E-state index in [9.17, 15) is 19.2 Å². The first-order chi connectivity index (χ1) is 19.0. The summed E-state index contributed by atoms with van der Waals surface area (Å²) in [7, 11) is 0. The Kier molecular flexibility index (Phi) is 8.42. The van der Waals surface area contributed by atoms with Gasteiger partial charge in [-0.15, -0.1) is 0 Å². The minimum absolute atomic E-state index is 0.0338. The number of carbonyl (C=O) groups is 3. The number of nitrogens with one attached hydrogen (secondary N) is 2. The average molecular weight is 547 g/mol. The Morgan fingerprint density at radius 1 is 1.00 bits per heavy atom. The third kappa shape index (κ3) is 6.42. The van der Waals surface area contributed by atoms with Crippen molar-refractivity contribution in [3.05, 3.63) is 81.4 Å². The fourth-order valence-corrected chi connectivity index (χ4v) is 4.75. The zero-order valence-electron chi connectivity index (χ0n) is 23.1. The van der Waals surface area contributed by atoms with Crippen LogP contribution in [0.4, 0.5) is 0 Å². The van der Waals surface area contributed by atoms with Crippen LogP contribution >= 0.6 is 0 Å². The van der Waals surface area contributed by atoms with Crippen molar-refractivity contribution in [2.75, 3.05) is 6.54 Å². The molecule has 0 radical (unpaired) electrons. The number of benzene rings is 2. The summed E-state index contributed by atoms with van der Waals surface area (Å²) in [6.07, 6.45) is 2.03. The lowest BCUT2D eigenvalue weighted by molar-refractivity contribution is -0.137. The molecule has 2 aromatic heterocycles. The van der Waals surface area contributed by atoms with Crippen molar-refractivity contribution in [1.82, 2.24) is 10.6 Å². The molecule has 4 rings (SSSR count). The second kappa shape index (κ2) is 11.8. The molecular weight excluding hydrogens is 512 g/mol. The molecule has 0 spiro atoms. The van der Waals surface area contributed by atoms with Crippen molar-refractivity contribution in [1.29, 1.82) is 0 Å². The topological polar surface area (TPSA) is 139 Å². The lowest BCUT2D eigenvalue weighted by atomic mass is 9.86. The summed E-state index contributed by atoms with van der Waals surface area (Å²) in [5.74, 6) is -1.79. The predicted molar refractivity (Wildman–Crippen MR) is 151 cm³/mol. The molecule has 0 saturated carbocycles. The normalized spacial score (nSPS) is 12.4. The van der Waals surface area contributed by atoms with E-state index in [0.29, 0.717) is 22.3 Å². The van der Waals surface area contributed by atoms with E-state index < -0.39 is 29.5 Å². The van der Waals surface area contributed by atoms with E-state index in [-0.39, 0.29) is 37.6 Å². The van der Waals surface area contributed by atoms with Crippen molar-refractivity contribution in [2.24, 2.45) is 0 Å². The monoisotopic (exact) mass is 546 g/mol. The number of aryl methyl sites for hydroxylation is 1. The molecule has 4 aromatic rings. The minimum atomic E-state index is -0.960. The van der Waals surface area contributed by atoms with Crippen molar-refractivity contribution in [3.63, 3.8) is 0 Å². The van der Waals surface area contributed by atoms with Crippen LogP contribution in [0.3, 0.4) is 0 Å². The van der Waals surface area contributed by atoms with E-state index in [1.54, 1.807) is 42.7 Å². The fourth-order valence-electron chi connectivity index (χ4n) is 4.75. The molecule has 0 saturated heterocycles. The molecule has 2 aromatic carbocycles. The standard InChI is InChI=1S/C31H34N2O7/c1-18-20(30(38)40-25-16-24-22(15-21(18)25)23(17-39-24)31(2,3)4)12-13-26(34)33-28(19-9-6-5-7-10-19)29(37)32-14-8-11-27(35)36/h5-7,9-10,15-17,28H,8,11-14H2,1-4H3,(H,32,37)(H,33,34)(H,35,36). The average Bonchev–Trinajstić information content (AvgIpc) is 3.32. The summed E-state index contributed by atoms with van der Waals surface area (Å²) in [5.41, 5.74) is 3.17. The highest BCUT2D eigenvalue weighted by Crippen LogP contribution is 2.35. The number of carboxylic acid groups (broad SMARTS) is 1. The number of carboxylic acids is 1. The molecule has 1 unspecified atom stereocenters. The van der Waals surface area contributed by atoms with Crippen LogP contribution in [0.1, 0.15) is 68.3 Å². The van der Waals surface area contributed by atoms with Gasteiger partial charge in [-0.1, -0.05) is 51.1 Å². The second-order valence-corrected chi connectivity index (χ2v) is 10.9. The van der Waals surface area contributed by atoms with Gasteiger partial charge >= 0.3 is 11.6 Å². The first-order valence-corrected chi connectivity index (χ1v) is 13.3. The summed E-state index contributed by atoms with van der Waals surface area (Å²) in [4.78, 5) is 49.5. The van der Waals surface area contributed by atoms with E-state index in [4.69, 9.17) is 13.9 Å². The molecule has 0 aliphatic rings. The Morgan fingerprint density at radius 2 is 1.73 bits per heavy atom. The summed E-state index contributed by atoms with van der Waals surface area (Å²) >= 11 is 0. The van der Waals surface area contributed by atoms with Crippen LogP contribution < -0.4 is 16.3 Å². The van der Waals surface area contributed by atoms with Gasteiger partial charge in [-0.25, -0.2) is 4.79 Å². The zero-order chi connectivity index (χ0) is 29.0. The number of aliphatic carboxylic acids is 1. The van der Waals surface area contributed by atoms with Crippen LogP contribution in [0, 0.1) is 6.92 Å². The number of hydrogen-bond donors (Lipinski definition) is 3. The molecule has 2 amide bonds. The lowest BCUT2D eigenvalue weighted by Gasteiger charge is -2.19. The van der Waals surface area contributed by atoms with E-state index >= 15 is 0 Å². The maximum Gasteiger partial charge on any atom is 0.339 e. The first-order valence-electron chi connectivity index (χ1n) is 13.3. The molecule has 1 atom stereocenters.